The van der Waals surface area contributed by atoms with Gasteiger partial charge in [-0.1, -0.05) is 39.7 Å². The molecular weight excluding hydrogens is 314 g/mol. The van der Waals surface area contributed by atoms with E-state index in [0.29, 0.717) is 11.4 Å². The number of benzene rings is 1. The van der Waals surface area contributed by atoms with E-state index in [2.05, 4.69) is 20.9 Å². The van der Waals surface area contributed by atoms with Crippen molar-refractivity contribution < 1.29 is 5.11 Å². The zero-order valence-corrected chi connectivity index (χ0v) is 12.2. The summed E-state index contributed by atoms with van der Waals surface area (Å²) in [5, 5.41) is 10.8. The summed E-state index contributed by atoms with van der Waals surface area (Å²) in [6.45, 7) is 2.01. The lowest BCUT2D eigenvalue weighted by Crippen LogP contribution is -2.03. The van der Waals surface area contributed by atoms with Crippen molar-refractivity contribution in [1.82, 2.24) is 4.98 Å². The Morgan fingerprint density at radius 2 is 2.17 bits per heavy atom. The minimum atomic E-state index is -0.583. The zero-order valence-electron chi connectivity index (χ0n) is 9.90. The molecule has 94 valence electrons. The molecule has 2 nitrogen and oxygen atoms in total. The minimum Gasteiger partial charge on any atom is -0.388 e. The summed E-state index contributed by atoms with van der Waals surface area (Å²) in [6.07, 6.45) is 3.16. The Kier molecular flexibility index (Phi) is 4.38. The second kappa shape index (κ2) is 5.83. The fourth-order valence-corrected chi connectivity index (χ4v) is 2.74. The topological polar surface area (TPSA) is 33.1 Å². The predicted octanol–water partition coefficient (Wildman–Crippen LogP) is 4.08. The molecule has 0 radical (unpaired) electrons. The summed E-state index contributed by atoms with van der Waals surface area (Å²) in [5.41, 5.74) is 2.92. The lowest BCUT2D eigenvalue weighted by molar-refractivity contribution is 0.177. The van der Waals surface area contributed by atoms with E-state index < -0.39 is 6.10 Å². The smallest absolute Gasteiger partial charge is 0.0841 e. The van der Waals surface area contributed by atoms with Crippen LogP contribution in [0.5, 0.6) is 0 Å². The highest BCUT2D eigenvalue weighted by Crippen LogP contribution is 2.28. The van der Waals surface area contributed by atoms with Gasteiger partial charge in [-0.25, -0.2) is 0 Å². The van der Waals surface area contributed by atoms with Gasteiger partial charge in [0.05, 0.1) is 11.1 Å². The SMILES string of the molecule is Cc1ccc(C(O)Cc2ccncc2Cl)c(Br)c1. The van der Waals surface area contributed by atoms with Crippen LogP contribution in [0, 0.1) is 6.92 Å². The molecule has 18 heavy (non-hydrogen) atoms. The Morgan fingerprint density at radius 3 is 2.83 bits per heavy atom. The molecule has 1 aromatic heterocycles. The molecule has 0 saturated heterocycles. The summed E-state index contributed by atoms with van der Waals surface area (Å²) >= 11 is 9.51. The highest BCUT2D eigenvalue weighted by molar-refractivity contribution is 9.10. The Balaban J connectivity index is 2.22. The number of aliphatic hydroxyl groups is 1. The average Bonchev–Trinajstić information content (AvgIpc) is 2.32. The van der Waals surface area contributed by atoms with Crippen molar-refractivity contribution in [2.24, 2.45) is 0 Å². The molecule has 0 bridgehead atoms. The van der Waals surface area contributed by atoms with Gasteiger partial charge in [0.2, 0.25) is 0 Å². The van der Waals surface area contributed by atoms with E-state index in [0.717, 1.165) is 21.2 Å². The van der Waals surface area contributed by atoms with Gasteiger partial charge < -0.3 is 5.11 Å². The van der Waals surface area contributed by atoms with Crippen molar-refractivity contribution >= 4 is 27.5 Å². The Labute approximate surface area is 120 Å². The fraction of sp³-hybridized carbons (Fsp3) is 0.214. The molecule has 1 aromatic carbocycles. The molecule has 0 saturated carbocycles. The van der Waals surface area contributed by atoms with Crippen molar-refractivity contribution in [3.8, 4) is 0 Å². The van der Waals surface area contributed by atoms with E-state index in [-0.39, 0.29) is 0 Å². The maximum Gasteiger partial charge on any atom is 0.0841 e. The molecule has 0 fully saturated rings. The summed E-state index contributed by atoms with van der Waals surface area (Å²) < 4.78 is 0.917. The highest BCUT2D eigenvalue weighted by Gasteiger charge is 2.13. The van der Waals surface area contributed by atoms with E-state index in [4.69, 9.17) is 11.6 Å². The van der Waals surface area contributed by atoms with Gasteiger partial charge in [0.25, 0.3) is 0 Å². The molecule has 0 aliphatic rings. The number of rotatable bonds is 3. The van der Waals surface area contributed by atoms with Crippen molar-refractivity contribution in [1.29, 1.82) is 0 Å². The molecule has 0 aliphatic heterocycles. The van der Waals surface area contributed by atoms with Crippen LogP contribution in [0.3, 0.4) is 0 Å². The number of aliphatic hydroxyl groups excluding tert-OH is 1. The van der Waals surface area contributed by atoms with Gasteiger partial charge in [0, 0.05) is 23.3 Å². The molecule has 2 rings (SSSR count). The predicted molar refractivity (Wildman–Crippen MR) is 76.8 cm³/mol. The Hall–Kier alpha value is -0.900. The Bertz CT molecular complexity index is 559. The quantitative estimate of drug-likeness (QED) is 0.922. The second-order valence-electron chi connectivity index (χ2n) is 4.21. The van der Waals surface area contributed by atoms with Crippen LogP contribution >= 0.6 is 27.5 Å². The first kappa shape index (κ1) is 13.5. The van der Waals surface area contributed by atoms with E-state index in [1.54, 1.807) is 12.4 Å². The van der Waals surface area contributed by atoms with Crippen LogP contribution in [0.15, 0.2) is 41.1 Å². The van der Waals surface area contributed by atoms with E-state index in [1.165, 1.54) is 0 Å². The van der Waals surface area contributed by atoms with Crippen LogP contribution in [0.25, 0.3) is 0 Å². The third-order valence-electron chi connectivity index (χ3n) is 2.78. The van der Waals surface area contributed by atoms with Gasteiger partial charge in [-0.05, 0) is 35.7 Å². The number of hydrogen-bond donors (Lipinski definition) is 1. The normalized spacial score (nSPS) is 12.4. The van der Waals surface area contributed by atoms with Gasteiger partial charge in [-0.15, -0.1) is 0 Å². The van der Waals surface area contributed by atoms with Crippen molar-refractivity contribution in [3.63, 3.8) is 0 Å². The standard InChI is InChI=1S/C14H13BrClNO/c1-9-2-3-11(12(15)6-9)14(18)7-10-4-5-17-8-13(10)16/h2-6,8,14,18H,7H2,1H3. The van der Waals surface area contributed by atoms with Crippen LogP contribution in [-0.2, 0) is 6.42 Å². The minimum absolute atomic E-state index is 0.475. The first-order chi connectivity index (χ1) is 8.58. The maximum atomic E-state index is 10.3. The van der Waals surface area contributed by atoms with Gasteiger partial charge >= 0.3 is 0 Å². The molecular formula is C14H13BrClNO. The monoisotopic (exact) mass is 325 g/mol. The third kappa shape index (κ3) is 3.10. The Morgan fingerprint density at radius 1 is 1.39 bits per heavy atom. The fourth-order valence-electron chi connectivity index (χ4n) is 1.79. The van der Waals surface area contributed by atoms with Crippen LogP contribution in [0.2, 0.25) is 5.02 Å². The molecule has 1 atom stereocenters. The van der Waals surface area contributed by atoms with Gasteiger partial charge in [0.1, 0.15) is 0 Å². The van der Waals surface area contributed by atoms with E-state index in [1.807, 2.05) is 31.2 Å². The largest absolute Gasteiger partial charge is 0.388 e. The maximum absolute atomic E-state index is 10.3. The molecule has 0 spiro atoms. The number of pyridine rings is 1. The van der Waals surface area contributed by atoms with Crippen LogP contribution < -0.4 is 0 Å². The average molecular weight is 327 g/mol. The lowest BCUT2D eigenvalue weighted by Gasteiger charge is -2.14. The number of aromatic nitrogens is 1. The number of aryl methyl sites for hydroxylation is 1. The van der Waals surface area contributed by atoms with Gasteiger partial charge in [0.15, 0.2) is 0 Å². The molecule has 1 N–H and O–H groups in total. The first-order valence-corrected chi connectivity index (χ1v) is 6.77. The summed E-state index contributed by atoms with van der Waals surface area (Å²) in [7, 11) is 0. The summed E-state index contributed by atoms with van der Waals surface area (Å²) in [6, 6.07) is 7.73. The molecule has 0 amide bonds. The van der Waals surface area contributed by atoms with Crippen LogP contribution in [-0.4, -0.2) is 10.1 Å². The summed E-state index contributed by atoms with van der Waals surface area (Å²) in [4.78, 5) is 3.93. The van der Waals surface area contributed by atoms with Crippen LogP contribution in [0.4, 0.5) is 0 Å². The lowest BCUT2D eigenvalue weighted by atomic mass is 10.0. The van der Waals surface area contributed by atoms with E-state index in [9.17, 15) is 5.11 Å². The van der Waals surface area contributed by atoms with Crippen molar-refractivity contribution in [2.75, 3.05) is 0 Å². The van der Waals surface area contributed by atoms with Crippen LogP contribution in [0.1, 0.15) is 22.8 Å². The van der Waals surface area contributed by atoms with E-state index >= 15 is 0 Å². The molecule has 0 aliphatic carbocycles. The molecule has 1 unspecified atom stereocenters. The van der Waals surface area contributed by atoms with Crippen molar-refractivity contribution in [2.45, 2.75) is 19.4 Å². The number of halogens is 2. The van der Waals surface area contributed by atoms with Gasteiger partial charge in [-0.3, -0.25) is 4.98 Å². The molecule has 1 heterocycles. The van der Waals surface area contributed by atoms with Gasteiger partial charge in [-0.2, -0.15) is 0 Å². The first-order valence-electron chi connectivity index (χ1n) is 5.60. The number of nitrogens with zero attached hydrogens (tertiary/aromatic N) is 1. The highest BCUT2D eigenvalue weighted by atomic mass is 79.9. The third-order valence-corrected chi connectivity index (χ3v) is 3.81. The second-order valence-corrected chi connectivity index (χ2v) is 5.47. The number of hydrogen-bond acceptors (Lipinski definition) is 2. The molecule has 4 heteroatoms. The zero-order chi connectivity index (χ0) is 13.1. The molecule has 2 aromatic rings. The van der Waals surface area contributed by atoms with Crippen molar-refractivity contribution in [3.05, 3.63) is 62.8 Å². The summed E-state index contributed by atoms with van der Waals surface area (Å²) in [5.74, 6) is 0.